The lowest BCUT2D eigenvalue weighted by atomic mass is 9.77. The summed E-state index contributed by atoms with van der Waals surface area (Å²) >= 11 is 6.14. The summed E-state index contributed by atoms with van der Waals surface area (Å²) in [5, 5.41) is 15.2. The number of aromatic nitrogens is 2. The molecule has 7 nitrogen and oxygen atoms in total. The van der Waals surface area contributed by atoms with Crippen LogP contribution in [0.4, 0.5) is 11.8 Å². The summed E-state index contributed by atoms with van der Waals surface area (Å²) in [6.45, 7) is 1.40. The third kappa shape index (κ3) is 3.31. The first kappa shape index (κ1) is 20.4. The van der Waals surface area contributed by atoms with Gasteiger partial charge in [0.2, 0.25) is 5.95 Å². The minimum absolute atomic E-state index is 0.0440. The molecule has 9 heteroatoms. The molecule has 1 aromatic carbocycles. The van der Waals surface area contributed by atoms with Gasteiger partial charge in [0.1, 0.15) is 22.1 Å². The summed E-state index contributed by atoms with van der Waals surface area (Å²) in [6.07, 6.45) is 5.33. The molecule has 2 aromatic heterocycles. The molecule has 1 saturated carbocycles. The Morgan fingerprint density at radius 1 is 1.25 bits per heavy atom. The predicted octanol–water partition coefficient (Wildman–Crippen LogP) is 3.82. The number of nitrogens with zero attached hydrogens (tertiary/aromatic N) is 3. The Bertz CT molecular complexity index is 1230. The molecule has 1 unspecified atom stereocenters. The minimum Gasteiger partial charge on any atom is -0.459 e. The molecule has 0 saturated heterocycles. The third-order valence-electron chi connectivity index (χ3n) is 6.98. The molecule has 1 atom stereocenters. The second-order valence-corrected chi connectivity index (χ2v) is 11.0. The Hall–Kier alpha value is -2.16. The van der Waals surface area contributed by atoms with Crippen LogP contribution in [0, 0.1) is 0 Å². The second kappa shape index (κ2) is 7.71. The SMILES string of the molecule is O=S1CCCc2nc(N3CCc4c(oc5cc(Cl)ccc45)C3)nc(NC3(CO)CCC3)c21. The van der Waals surface area contributed by atoms with E-state index in [1.165, 1.54) is 5.56 Å². The van der Waals surface area contributed by atoms with E-state index < -0.39 is 10.8 Å². The highest BCUT2D eigenvalue weighted by Gasteiger charge is 2.39. The summed E-state index contributed by atoms with van der Waals surface area (Å²) in [4.78, 5) is 12.5. The fourth-order valence-electron chi connectivity index (χ4n) is 5.01. The molecule has 32 heavy (non-hydrogen) atoms. The lowest BCUT2D eigenvalue weighted by molar-refractivity contribution is 0.143. The van der Waals surface area contributed by atoms with E-state index in [2.05, 4.69) is 10.2 Å². The van der Waals surface area contributed by atoms with Crippen molar-refractivity contribution in [1.82, 2.24) is 9.97 Å². The van der Waals surface area contributed by atoms with Crippen molar-refractivity contribution in [3.8, 4) is 0 Å². The van der Waals surface area contributed by atoms with E-state index in [1.807, 2.05) is 18.2 Å². The summed E-state index contributed by atoms with van der Waals surface area (Å²) < 4.78 is 19.0. The number of aliphatic hydroxyl groups excluding tert-OH is 1. The van der Waals surface area contributed by atoms with Gasteiger partial charge in [-0.1, -0.05) is 11.6 Å². The fraction of sp³-hybridized carbons (Fsp3) is 0.478. The summed E-state index contributed by atoms with van der Waals surface area (Å²) in [5.74, 6) is 2.80. The molecule has 0 bridgehead atoms. The molecule has 6 rings (SSSR count). The van der Waals surface area contributed by atoms with Gasteiger partial charge >= 0.3 is 0 Å². The standard InChI is InChI=1S/C23H25ClN4O3S/c24-14-4-5-15-16-6-9-28(12-19(16)31-18(15)11-14)22-25-17-3-1-10-32(30)20(17)21(26-22)27-23(13-29)7-2-8-23/h4-5,11,29H,1-3,6-10,12-13H2,(H,25,26,27). The molecule has 4 heterocycles. The van der Waals surface area contributed by atoms with Crippen molar-refractivity contribution in [2.24, 2.45) is 0 Å². The van der Waals surface area contributed by atoms with Crippen LogP contribution < -0.4 is 10.2 Å². The average molecular weight is 473 g/mol. The molecule has 1 aliphatic carbocycles. The van der Waals surface area contributed by atoms with E-state index in [0.717, 1.165) is 72.4 Å². The Morgan fingerprint density at radius 2 is 2.12 bits per heavy atom. The molecule has 3 aliphatic rings. The maximum absolute atomic E-state index is 12.9. The fourth-order valence-corrected chi connectivity index (χ4v) is 6.51. The minimum atomic E-state index is -1.12. The maximum Gasteiger partial charge on any atom is 0.228 e. The van der Waals surface area contributed by atoms with Gasteiger partial charge in [0.15, 0.2) is 0 Å². The first-order valence-corrected chi connectivity index (χ1v) is 12.9. The zero-order valence-electron chi connectivity index (χ0n) is 17.7. The van der Waals surface area contributed by atoms with Crippen LogP contribution in [-0.2, 0) is 30.2 Å². The average Bonchev–Trinajstić information content (AvgIpc) is 3.12. The van der Waals surface area contributed by atoms with Crippen molar-refractivity contribution in [3.63, 3.8) is 0 Å². The zero-order valence-corrected chi connectivity index (χ0v) is 19.3. The molecule has 1 fully saturated rings. The van der Waals surface area contributed by atoms with Gasteiger partial charge in [0.25, 0.3) is 0 Å². The van der Waals surface area contributed by atoms with Gasteiger partial charge in [-0.2, -0.15) is 4.98 Å². The van der Waals surface area contributed by atoms with Crippen molar-refractivity contribution in [1.29, 1.82) is 0 Å². The second-order valence-electron chi connectivity index (χ2n) is 9.03. The Morgan fingerprint density at radius 3 is 2.91 bits per heavy atom. The van der Waals surface area contributed by atoms with Gasteiger partial charge in [-0.25, -0.2) is 4.98 Å². The van der Waals surface area contributed by atoms with E-state index >= 15 is 0 Å². The van der Waals surface area contributed by atoms with Gasteiger partial charge in [-0.15, -0.1) is 0 Å². The first-order valence-electron chi connectivity index (χ1n) is 11.2. The lowest BCUT2D eigenvalue weighted by Crippen LogP contribution is -2.49. The zero-order chi connectivity index (χ0) is 21.9. The maximum atomic E-state index is 12.9. The summed E-state index contributed by atoms with van der Waals surface area (Å²) in [6, 6.07) is 5.78. The van der Waals surface area contributed by atoms with Crippen LogP contribution in [0.15, 0.2) is 27.5 Å². The van der Waals surface area contributed by atoms with Crippen molar-refractivity contribution < 1.29 is 13.7 Å². The third-order valence-corrected chi connectivity index (χ3v) is 8.76. The Balaban J connectivity index is 1.38. The number of anilines is 2. The molecule has 2 aliphatic heterocycles. The smallest absolute Gasteiger partial charge is 0.228 e. The Labute approximate surface area is 193 Å². The monoisotopic (exact) mass is 472 g/mol. The molecule has 168 valence electrons. The number of aryl methyl sites for hydroxylation is 1. The number of hydrogen-bond donors (Lipinski definition) is 2. The van der Waals surface area contributed by atoms with Gasteiger partial charge < -0.3 is 19.7 Å². The number of benzene rings is 1. The lowest BCUT2D eigenvalue weighted by Gasteiger charge is -2.42. The van der Waals surface area contributed by atoms with E-state index in [4.69, 9.17) is 26.0 Å². The molecule has 0 radical (unpaired) electrons. The van der Waals surface area contributed by atoms with Crippen LogP contribution in [-0.4, -0.2) is 43.7 Å². The first-order chi connectivity index (χ1) is 15.5. The topological polar surface area (TPSA) is 91.5 Å². The molecule has 0 spiro atoms. The van der Waals surface area contributed by atoms with Crippen molar-refractivity contribution >= 4 is 45.1 Å². The number of hydrogen-bond acceptors (Lipinski definition) is 7. The quantitative estimate of drug-likeness (QED) is 0.596. The van der Waals surface area contributed by atoms with Crippen LogP contribution in [0.5, 0.6) is 0 Å². The van der Waals surface area contributed by atoms with Crippen molar-refractivity contribution in [2.75, 3.05) is 29.1 Å². The normalized spacial score (nSPS) is 21.7. The summed E-state index contributed by atoms with van der Waals surface area (Å²) in [7, 11) is -1.12. The van der Waals surface area contributed by atoms with Gasteiger partial charge in [-0.3, -0.25) is 4.21 Å². The highest BCUT2D eigenvalue weighted by molar-refractivity contribution is 7.85. The van der Waals surface area contributed by atoms with Crippen molar-refractivity contribution in [3.05, 3.63) is 40.2 Å². The molecule has 3 aromatic rings. The van der Waals surface area contributed by atoms with Crippen LogP contribution in [0.2, 0.25) is 5.02 Å². The number of halogens is 1. The summed E-state index contributed by atoms with van der Waals surface area (Å²) in [5.41, 5.74) is 2.52. The van der Waals surface area contributed by atoms with Crippen LogP contribution in [0.1, 0.15) is 42.7 Å². The number of nitrogens with one attached hydrogen (secondary N) is 1. The van der Waals surface area contributed by atoms with Crippen LogP contribution in [0.3, 0.4) is 0 Å². The van der Waals surface area contributed by atoms with E-state index in [1.54, 1.807) is 0 Å². The van der Waals surface area contributed by atoms with E-state index in [-0.39, 0.29) is 12.1 Å². The van der Waals surface area contributed by atoms with Gasteiger partial charge in [0, 0.05) is 34.3 Å². The highest BCUT2D eigenvalue weighted by atomic mass is 35.5. The van der Waals surface area contributed by atoms with Crippen LogP contribution in [0.25, 0.3) is 11.0 Å². The molecule has 2 N–H and O–H groups in total. The van der Waals surface area contributed by atoms with Gasteiger partial charge in [0.05, 0.1) is 35.2 Å². The number of aliphatic hydroxyl groups is 1. The molecular weight excluding hydrogens is 448 g/mol. The van der Waals surface area contributed by atoms with Crippen LogP contribution >= 0.6 is 11.6 Å². The number of fused-ring (bicyclic) bond motifs is 4. The van der Waals surface area contributed by atoms with Crippen molar-refractivity contribution in [2.45, 2.75) is 55.5 Å². The predicted molar refractivity (Wildman–Crippen MR) is 125 cm³/mol. The Kier molecular flexibility index (Phi) is 4.93. The molecular formula is C23H25ClN4O3S. The molecule has 0 amide bonds. The number of furan rings is 1. The van der Waals surface area contributed by atoms with E-state index in [0.29, 0.717) is 29.1 Å². The van der Waals surface area contributed by atoms with E-state index in [9.17, 15) is 9.32 Å². The number of rotatable bonds is 4. The largest absolute Gasteiger partial charge is 0.459 e. The highest BCUT2D eigenvalue weighted by Crippen LogP contribution is 2.39. The van der Waals surface area contributed by atoms with Gasteiger partial charge in [-0.05, 0) is 50.7 Å².